The number of benzene rings is 1. The summed E-state index contributed by atoms with van der Waals surface area (Å²) >= 11 is 1.70. The minimum atomic E-state index is -0.131. The van der Waals surface area contributed by atoms with E-state index < -0.39 is 0 Å². The van der Waals surface area contributed by atoms with Crippen molar-refractivity contribution in [3.63, 3.8) is 0 Å². The van der Waals surface area contributed by atoms with Gasteiger partial charge in [-0.25, -0.2) is 0 Å². The van der Waals surface area contributed by atoms with Crippen molar-refractivity contribution in [2.45, 2.75) is 47.0 Å². The van der Waals surface area contributed by atoms with Gasteiger partial charge in [-0.3, -0.25) is 9.59 Å². The molecular formula is C21H26N2O2S. The van der Waals surface area contributed by atoms with Crippen molar-refractivity contribution < 1.29 is 9.59 Å². The van der Waals surface area contributed by atoms with Gasteiger partial charge in [0.25, 0.3) is 5.91 Å². The van der Waals surface area contributed by atoms with E-state index in [0.29, 0.717) is 22.7 Å². The van der Waals surface area contributed by atoms with E-state index in [-0.39, 0.29) is 11.8 Å². The average molecular weight is 371 g/mol. The molecule has 1 aliphatic rings. The van der Waals surface area contributed by atoms with Gasteiger partial charge in [0, 0.05) is 28.6 Å². The molecule has 0 fully saturated rings. The molecule has 0 bridgehead atoms. The van der Waals surface area contributed by atoms with Crippen molar-refractivity contribution >= 4 is 34.5 Å². The van der Waals surface area contributed by atoms with Crippen LogP contribution in [0.25, 0.3) is 0 Å². The van der Waals surface area contributed by atoms with E-state index >= 15 is 0 Å². The Labute approximate surface area is 159 Å². The third kappa shape index (κ3) is 4.15. The second-order valence-electron chi connectivity index (χ2n) is 8.07. The largest absolute Gasteiger partial charge is 0.326 e. The fraction of sp³-hybridized carbons (Fsp3) is 0.429. The molecular weight excluding hydrogens is 344 g/mol. The molecule has 1 heterocycles. The Hall–Kier alpha value is -2.14. The molecule has 1 aromatic heterocycles. The van der Waals surface area contributed by atoms with Gasteiger partial charge in [-0.1, -0.05) is 26.8 Å². The van der Waals surface area contributed by atoms with E-state index in [2.05, 4.69) is 31.4 Å². The summed E-state index contributed by atoms with van der Waals surface area (Å²) in [6.07, 6.45) is 3.16. The van der Waals surface area contributed by atoms with Crippen LogP contribution in [0, 0.1) is 11.3 Å². The lowest BCUT2D eigenvalue weighted by Crippen LogP contribution is -2.27. The third-order valence-corrected chi connectivity index (χ3v) is 6.12. The van der Waals surface area contributed by atoms with Crippen LogP contribution in [-0.2, 0) is 17.6 Å². The fourth-order valence-electron chi connectivity index (χ4n) is 3.52. The van der Waals surface area contributed by atoms with Crippen molar-refractivity contribution in [3.8, 4) is 0 Å². The molecule has 2 N–H and O–H groups in total. The summed E-state index contributed by atoms with van der Waals surface area (Å²) < 4.78 is 0. The number of amides is 2. The molecule has 1 aromatic carbocycles. The van der Waals surface area contributed by atoms with Crippen molar-refractivity contribution in [2.75, 3.05) is 10.6 Å². The lowest BCUT2D eigenvalue weighted by molar-refractivity contribution is -0.114. The summed E-state index contributed by atoms with van der Waals surface area (Å²) in [5.41, 5.74) is 3.67. The van der Waals surface area contributed by atoms with E-state index in [1.807, 2.05) is 17.5 Å². The maximum Gasteiger partial charge on any atom is 0.256 e. The van der Waals surface area contributed by atoms with Gasteiger partial charge in [-0.2, -0.15) is 0 Å². The molecule has 1 atom stereocenters. The fourth-order valence-corrected chi connectivity index (χ4v) is 4.68. The van der Waals surface area contributed by atoms with Gasteiger partial charge in [0.1, 0.15) is 0 Å². The number of carbonyl (C=O) groups is 2. The van der Waals surface area contributed by atoms with Gasteiger partial charge >= 0.3 is 0 Å². The molecule has 1 aliphatic carbocycles. The minimum absolute atomic E-state index is 0.0725. The van der Waals surface area contributed by atoms with Crippen LogP contribution in [0.5, 0.6) is 0 Å². The maximum absolute atomic E-state index is 12.8. The predicted molar refractivity (Wildman–Crippen MR) is 108 cm³/mol. The van der Waals surface area contributed by atoms with E-state index in [0.717, 1.165) is 24.8 Å². The van der Waals surface area contributed by atoms with Crippen LogP contribution in [0.2, 0.25) is 0 Å². The molecule has 1 unspecified atom stereocenters. The third-order valence-electron chi connectivity index (χ3n) is 5.07. The normalized spacial score (nSPS) is 16.7. The standard InChI is InChI=1S/C21H26N2O2S/c1-13(24)22-15-6-5-7-16(11-15)23-20(25)18-12-26-19-10-14(21(2,3)4)8-9-17(18)19/h5-7,11-12,14H,8-10H2,1-4H3,(H,22,24)(H,23,25). The van der Waals surface area contributed by atoms with Crippen LogP contribution in [0.15, 0.2) is 29.6 Å². The number of nitrogens with one attached hydrogen (secondary N) is 2. The van der Waals surface area contributed by atoms with Gasteiger partial charge < -0.3 is 10.6 Å². The maximum atomic E-state index is 12.8. The summed E-state index contributed by atoms with van der Waals surface area (Å²) in [6, 6.07) is 7.22. The molecule has 4 nitrogen and oxygen atoms in total. The molecule has 0 spiro atoms. The highest BCUT2D eigenvalue weighted by Gasteiger charge is 2.31. The first-order valence-electron chi connectivity index (χ1n) is 9.02. The quantitative estimate of drug-likeness (QED) is 0.789. The second-order valence-corrected chi connectivity index (χ2v) is 9.04. The van der Waals surface area contributed by atoms with E-state index in [1.54, 1.807) is 23.5 Å². The SMILES string of the molecule is CC(=O)Nc1cccc(NC(=O)c2csc3c2CCC(C(C)(C)C)C3)c1. The van der Waals surface area contributed by atoms with Gasteiger partial charge in [-0.15, -0.1) is 11.3 Å². The van der Waals surface area contributed by atoms with Crippen LogP contribution in [0.3, 0.4) is 0 Å². The van der Waals surface area contributed by atoms with E-state index in [1.165, 1.54) is 17.4 Å². The first kappa shape index (κ1) is 18.6. The Morgan fingerprint density at radius 1 is 1.15 bits per heavy atom. The van der Waals surface area contributed by atoms with Gasteiger partial charge in [0.2, 0.25) is 5.91 Å². The van der Waals surface area contributed by atoms with Crippen LogP contribution in [-0.4, -0.2) is 11.8 Å². The van der Waals surface area contributed by atoms with Crippen LogP contribution >= 0.6 is 11.3 Å². The highest BCUT2D eigenvalue weighted by Crippen LogP contribution is 2.40. The zero-order valence-corrected chi connectivity index (χ0v) is 16.6. The topological polar surface area (TPSA) is 58.2 Å². The summed E-state index contributed by atoms with van der Waals surface area (Å²) in [4.78, 5) is 25.3. The Morgan fingerprint density at radius 3 is 2.50 bits per heavy atom. The van der Waals surface area contributed by atoms with Crippen molar-refractivity contribution in [2.24, 2.45) is 11.3 Å². The first-order valence-corrected chi connectivity index (χ1v) is 9.90. The molecule has 0 aliphatic heterocycles. The molecule has 138 valence electrons. The van der Waals surface area contributed by atoms with E-state index in [4.69, 9.17) is 0 Å². The van der Waals surface area contributed by atoms with Gasteiger partial charge in [-0.05, 0) is 54.4 Å². The molecule has 3 rings (SSSR count). The zero-order valence-electron chi connectivity index (χ0n) is 15.8. The number of thiophene rings is 1. The summed E-state index contributed by atoms with van der Waals surface area (Å²) in [5.74, 6) is 0.462. The van der Waals surface area contributed by atoms with Crippen LogP contribution < -0.4 is 10.6 Å². The number of hydrogen-bond acceptors (Lipinski definition) is 3. The Morgan fingerprint density at radius 2 is 1.85 bits per heavy atom. The Kier molecular flexibility index (Phi) is 5.19. The Balaban J connectivity index is 1.74. The van der Waals surface area contributed by atoms with Crippen molar-refractivity contribution in [1.82, 2.24) is 0 Å². The predicted octanol–water partition coefficient (Wildman–Crippen LogP) is 5.11. The number of fused-ring (bicyclic) bond motifs is 1. The summed E-state index contributed by atoms with van der Waals surface area (Å²) in [5, 5.41) is 7.69. The summed E-state index contributed by atoms with van der Waals surface area (Å²) in [7, 11) is 0. The lowest BCUT2D eigenvalue weighted by Gasteiger charge is -2.34. The lowest BCUT2D eigenvalue weighted by atomic mass is 9.72. The highest BCUT2D eigenvalue weighted by molar-refractivity contribution is 7.10. The molecule has 2 aromatic rings. The summed E-state index contributed by atoms with van der Waals surface area (Å²) in [6.45, 7) is 8.36. The second kappa shape index (κ2) is 7.23. The molecule has 26 heavy (non-hydrogen) atoms. The van der Waals surface area contributed by atoms with E-state index in [9.17, 15) is 9.59 Å². The van der Waals surface area contributed by atoms with Crippen molar-refractivity contribution in [3.05, 3.63) is 45.6 Å². The van der Waals surface area contributed by atoms with Gasteiger partial charge in [0.05, 0.1) is 5.56 Å². The van der Waals surface area contributed by atoms with Gasteiger partial charge in [0.15, 0.2) is 0 Å². The number of carbonyl (C=O) groups excluding carboxylic acids is 2. The molecule has 0 saturated carbocycles. The first-order chi connectivity index (χ1) is 12.2. The number of hydrogen-bond donors (Lipinski definition) is 2. The molecule has 2 amide bonds. The number of rotatable bonds is 3. The minimum Gasteiger partial charge on any atom is -0.326 e. The zero-order chi connectivity index (χ0) is 18.9. The average Bonchev–Trinajstić information content (AvgIpc) is 2.97. The molecule has 0 saturated heterocycles. The monoisotopic (exact) mass is 370 g/mol. The molecule has 5 heteroatoms. The highest BCUT2D eigenvalue weighted by atomic mass is 32.1. The van der Waals surface area contributed by atoms with Crippen LogP contribution in [0.4, 0.5) is 11.4 Å². The molecule has 0 radical (unpaired) electrons. The number of anilines is 2. The smallest absolute Gasteiger partial charge is 0.256 e. The van der Waals surface area contributed by atoms with Crippen molar-refractivity contribution in [1.29, 1.82) is 0 Å². The Bertz CT molecular complexity index is 833. The van der Waals surface area contributed by atoms with Crippen LogP contribution in [0.1, 0.15) is 54.9 Å².